The third-order valence-corrected chi connectivity index (χ3v) is 5.72. The van der Waals surface area contributed by atoms with E-state index in [4.69, 9.17) is 0 Å². The Bertz CT molecular complexity index is 778. The van der Waals surface area contributed by atoms with Crippen molar-refractivity contribution in [3.05, 3.63) is 59.7 Å². The summed E-state index contributed by atoms with van der Waals surface area (Å²) < 4.78 is 2.11. The third kappa shape index (κ3) is 4.12. The van der Waals surface area contributed by atoms with E-state index in [-0.39, 0.29) is 5.91 Å². The van der Waals surface area contributed by atoms with Gasteiger partial charge in [-0.25, -0.2) is 4.98 Å². The summed E-state index contributed by atoms with van der Waals surface area (Å²) in [5.74, 6) is 0.539. The van der Waals surface area contributed by atoms with Crippen molar-refractivity contribution in [1.82, 2.24) is 9.88 Å². The summed E-state index contributed by atoms with van der Waals surface area (Å²) in [5, 5.41) is 0. The predicted molar refractivity (Wildman–Crippen MR) is 98.0 cm³/mol. The zero-order chi connectivity index (χ0) is 16.2. The molecule has 1 heterocycles. The molecule has 118 valence electrons. The van der Waals surface area contributed by atoms with E-state index in [1.165, 1.54) is 17.3 Å². The van der Waals surface area contributed by atoms with Gasteiger partial charge in [0, 0.05) is 13.6 Å². The topological polar surface area (TPSA) is 33.2 Å². The number of rotatable bonds is 5. The number of carbonyl (C=O) groups excluding carboxylic acids is 1. The number of thiazole rings is 1. The van der Waals surface area contributed by atoms with Crippen molar-refractivity contribution in [3.8, 4) is 0 Å². The number of para-hydroxylation sites is 1. The molecule has 0 spiro atoms. The molecular weight excluding hydrogens is 324 g/mol. The number of hydrogen-bond donors (Lipinski definition) is 0. The van der Waals surface area contributed by atoms with Gasteiger partial charge in [0.1, 0.15) is 0 Å². The molecule has 0 radical (unpaired) electrons. The summed E-state index contributed by atoms with van der Waals surface area (Å²) in [6.45, 7) is 2.70. The smallest absolute Gasteiger partial charge is 0.233 e. The number of aryl methyl sites for hydroxylation is 1. The van der Waals surface area contributed by atoms with Crippen LogP contribution in [0.1, 0.15) is 11.1 Å². The first kappa shape index (κ1) is 16.0. The Morgan fingerprint density at radius 2 is 1.91 bits per heavy atom. The van der Waals surface area contributed by atoms with Crippen molar-refractivity contribution in [1.29, 1.82) is 0 Å². The van der Waals surface area contributed by atoms with Gasteiger partial charge < -0.3 is 4.90 Å². The molecule has 0 saturated heterocycles. The van der Waals surface area contributed by atoms with Gasteiger partial charge in [0.2, 0.25) is 5.91 Å². The molecule has 2 aromatic carbocycles. The zero-order valence-electron chi connectivity index (χ0n) is 13.2. The monoisotopic (exact) mass is 342 g/mol. The Hall–Kier alpha value is -1.85. The van der Waals surface area contributed by atoms with Gasteiger partial charge in [-0.3, -0.25) is 4.79 Å². The molecule has 1 aromatic heterocycles. The summed E-state index contributed by atoms with van der Waals surface area (Å²) in [7, 11) is 1.85. The van der Waals surface area contributed by atoms with Crippen molar-refractivity contribution >= 4 is 39.2 Å². The lowest BCUT2D eigenvalue weighted by atomic mass is 10.1. The van der Waals surface area contributed by atoms with Crippen LogP contribution in [0.2, 0.25) is 0 Å². The highest BCUT2D eigenvalue weighted by Gasteiger charge is 2.12. The summed E-state index contributed by atoms with van der Waals surface area (Å²) in [5.41, 5.74) is 3.38. The molecule has 0 aliphatic heterocycles. The number of fused-ring (bicyclic) bond motifs is 1. The molecule has 3 aromatic rings. The number of carbonyl (C=O) groups is 1. The van der Waals surface area contributed by atoms with E-state index in [9.17, 15) is 4.79 Å². The van der Waals surface area contributed by atoms with Crippen LogP contribution in [0.3, 0.4) is 0 Å². The first-order chi connectivity index (χ1) is 11.1. The molecule has 0 atom stereocenters. The Labute approximate surface area is 144 Å². The van der Waals surface area contributed by atoms with E-state index in [1.54, 1.807) is 16.2 Å². The maximum atomic E-state index is 12.3. The van der Waals surface area contributed by atoms with Gasteiger partial charge in [-0.15, -0.1) is 11.3 Å². The van der Waals surface area contributed by atoms with Gasteiger partial charge in [-0.2, -0.15) is 0 Å². The highest BCUT2D eigenvalue weighted by atomic mass is 32.2. The standard InChI is InChI=1S/C18H18N2OS2/c1-13-7-9-14(10-8-13)11-20(2)17(21)12-22-18-19-15-5-3-4-6-16(15)23-18/h3-10H,11-12H2,1-2H3. The largest absolute Gasteiger partial charge is 0.341 e. The van der Waals surface area contributed by atoms with Crippen LogP contribution in [-0.2, 0) is 11.3 Å². The van der Waals surface area contributed by atoms with Crippen LogP contribution in [0.15, 0.2) is 52.9 Å². The van der Waals surface area contributed by atoms with Crippen molar-refractivity contribution in [2.24, 2.45) is 0 Å². The first-order valence-electron chi connectivity index (χ1n) is 7.40. The van der Waals surface area contributed by atoms with E-state index in [1.807, 2.05) is 25.2 Å². The molecule has 0 bridgehead atoms. The van der Waals surface area contributed by atoms with Gasteiger partial charge in [-0.1, -0.05) is 53.7 Å². The van der Waals surface area contributed by atoms with Gasteiger partial charge in [0.15, 0.2) is 4.34 Å². The second-order valence-electron chi connectivity index (χ2n) is 5.47. The molecule has 0 unspecified atom stereocenters. The highest BCUT2D eigenvalue weighted by molar-refractivity contribution is 8.01. The van der Waals surface area contributed by atoms with Crippen molar-refractivity contribution in [2.75, 3.05) is 12.8 Å². The van der Waals surface area contributed by atoms with Crippen molar-refractivity contribution in [3.63, 3.8) is 0 Å². The van der Waals surface area contributed by atoms with Crippen LogP contribution in [0.25, 0.3) is 10.2 Å². The molecule has 0 N–H and O–H groups in total. The fourth-order valence-electron chi connectivity index (χ4n) is 2.20. The Morgan fingerprint density at radius 1 is 1.17 bits per heavy atom. The number of nitrogens with zero attached hydrogens (tertiary/aromatic N) is 2. The van der Waals surface area contributed by atoms with E-state index < -0.39 is 0 Å². The number of thioether (sulfide) groups is 1. The van der Waals surface area contributed by atoms with Crippen LogP contribution in [-0.4, -0.2) is 28.6 Å². The number of amides is 1. The fraction of sp³-hybridized carbons (Fsp3) is 0.222. The lowest BCUT2D eigenvalue weighted by Gasteiger charge is -2.16. The zero-order valence-corrected chi connectivity index (χ0v) is 14.8. The highest BCUT2D eigenvalue weighted by Crippen LogP contribution is 2.29. The fourth-order valence-corrected chi connectivity index (χ4v) is 4.21. The minimum Gasteiger partial charge on any atom is -0.341 e. The van der Waals surface area contributed by atoms with Crippen LogP contribution in [0, 0.1) is 6.92 Å². The second kappa shape index (κ2) is 7.15. The first-order valence-corrected chi connectivity index (χ1v) is 9.20. The van der Waals surface area contributed by atoms with E-state index in [0.717, 1.165) is 20.1 Å². The molecule has 0 aliphatic carbocycles. The average molecular weight is 342 g/mol. The van der Waals surface area contributed by atoms with Crippen LogP contribution in [0.5, 0.6) is 0 Å². The van der Waals surface area contributed by atoms with Gasteiger partial charge in [0.25, 0.3) is 0 Å². The maximum Gasteiger partial charge on any atom is 0.233 e. The predicted octanol–water partition coefficient (Wildman–Crippen LogP) is 4.36. The quantitative estimate of drug-likeness (QED) is 0.646. The maximum absolute atomic E-state index is 12.3. The van der Waals surface area contributed by atoms with E-state index >= 15 is 0 Å². The molecule has 1 amide bonds. The second-order valence-corrected chi connectivity index (χ2v) is 7.72. The van der Waals surface area contributed by atoms with Crippen molar-refractivity contribution in [2.45, 2.75) is 17.8 Å². The molecule has 0 fully saturated rings. The molecule has 5 heteroatoms. The molecule has 23 heavy (non-hydrogen) atoms. The van der Waals surface area contributed by atoms with Crippen molar-refractivity contribution < 1.29 is 4.79 Å². The Kier molecular flexibility index (Phi) is 4.98. The summed E-state index contributed by atoms with van der Waals surface area (Å²) in [4.78, 5) is 18.6. The van der Waals surface area contributed by atoms with Crippen LogP contribution in [0.4, 0.5) is 0 Å². The SMILES string of the molecule is Cc1ccc(CN(C)C(=O)CSc2nc3ccccc3s2)cc1. The third-order valence-electron chi connectivity index (χ3n) is 3.56. The van der Waals surface area contributed by atoms with Gasteiger partial charge in [-0.05, 0) is 24.6 Å². The summed E-state index contributed by atoms with van der Waals surface area (Å²) in [6.07, 6.45) is 0. The minimum absolute atomic E-state index is 0.120. The van der Waals surface area contributed by atoms with E-state index in [0.29, 0.717) is 12.3 Å². The Balaban J connectivity index is 1.56. The number of benzene rings is 2. The van der Waals surface area contributed by atoms with Gasteiger partial charge >= 0.3 is 0 Å². The number of aromatic nitrogens is 1. The Morgan fingerprint density at radius 3 is 2.65 bits per heavy atom. The van der Waals surface area contributed by atoms with Gasteiger partial charge in [0.05, 0.1) is 16.0 Å². The number of hydrogen-bond acceptors (Lipinski definition) is 4. The van der Waals surface area contributed by atoms with Crippen LogP contribution < -0.4 is 0 Å². The minimum atomic E-state index is 0.120. The summed E-state index contributed by atoms with van der Waals surface area (Å²) in [6, 6.07) is 16.3. The molecule has 0 saturated carbocycles. The van der Waals surface area contributed by atoms with E-state index in [2.05, 4.69) is 42.2 Å². The normalized spacial score (nSPS) is 10.9. The van der Waals surface area contributed by atoms with Crippen LogP contribution >= 0.6 is 23.1 Å². The summed E-state index contributed by atoms with van der Waals surface area (Å²) >= 11 is 3.15. The molecule has 3 nitrogen and oxygen atoms in total. The molecule has 0 aliphatic rings. The lowest BCUT2D eigenvalue weighted by molar-refractivity contribution is -0.127. The molecule has 3 rings (SSSR count). The lowest BCUT2D eigenvalue weighted by Crippen LogP contribution is -2.27. The average Bonchev–Trinajstić information content (AvgIpc) is 2.97. The molecular formula is C18H18N2OS2.